The molecule has 0 atom stereocenters. The van der Waals surface area contributed by atoms with Crippen molar-refractivity contribution >= 4 is 11.8 Å². The van der Waals surface area contributed by atoms with Crippen molar-refractivity contribution in [3.05, 3.63) is 58.6 Å². The number of carbonyl (C=O) groups excluding carboxylic acids is 2. The summed E-state index contributed by atoms with van der Waals surface area (Å²) in [6.07, 6.45) is -2.00. The van der Waals surface area contributed by atoms with E-state index < -0.39 is 35.0 Å². The van der Waals surface area contributed by atoms with Gasteiger partial charge >= 0.3 is 6.36 Å². The number of carbonyl (C=O) groups is 2. The molecular formula is C21H21F3N6O4. The summed E-state index contributed by atoms with van der Waals surface area (Å²) >= 11 is 0. The number of aromatic nitrogens is 4. The van der Waals surface area contributed by atoms with E-state index in [1.807, 2.05) is 0 Å². The number of nitrogens with one attached hydrogen (secondary N) is 2. The van der Waals surface area contributed by atoms with Crippen LogP contribution in [0.4, 0.5) is 13.2 Å². The van der Waals surface area contributed by atoms with Gasteiger partial charge in [-0.1, -0.05) is 0 Å². The van der Waals surface area contributed by atoms with Gasteiger partial charge in [0.2, 0.25) is 5.91 Å². The van der Waals surface area contributed by atoms with Crippen LogP contribution < -0.4 is 20.9 Å². The summed E-state index contributed by atoms with van der Waals surface area (Å²) in [7, 11) is 3.03. The average molecular weight is 478 g/mol. The molecule has 0 fully saturated rings. The van der Waals surface area contributed by atoms with Gasteiger partial charge in [0.1, 0.15) is 22.5 Å². The van der Waals surface area contributed by atoms with Crippen molar-refractivity contribution in [2.24, 2.45) is 7.05 Å². The van der Waals surface area contributed by atoms with Gasteiger partial charge in [-0.2, -0.15) is 14.9 Å². The van der Waals surface area contributed by atoms with Gasteiger partial charge in [-0.15, -0.1) is 13.2 Å². The first kappa shape index (κ1) is 24.5. The monoisotopic (exact) mass is 478 g/mol. The van der Waals surface area contributed by atoms with Crippen LogP contribution in [-0.2, 0) is 11.8 Å². The molecule has 180 valence electrons. The lowest BCUT2D eigenvalue weighted by molar-refractivity contribution is -0.274. The van der Waals surface area contributed by atoms with E-state index in [1.165, 1.54) is 56.2 Å². The zero-order valence-corrected chi connectivity index (χ0v) is 18.6. The number of alkyl halides is 3. The smallest absolute Gasteiger partial charge is 0.406 e. The second-order valence-corrected chi connectivity index (χ2v) is 7.76. The second kappa shape index (κ2) is 9.00. The third-order valence-electron chi connectivity index (χ3n) is 4.70. The SMILES string of the molecule is CNC(=O)C(C)(C)NC(=O)c1cc(-c2ccc(OC(F)(F)F)cc2)nn(-c2cnn(C)c2)c1=O. The van der Waals surface area contributed by atoms with Crippen LogP contribution in [0.15, 0.2) is 47.5 Å². The molecule has 0 spiro atoms. The maximum absolute atomic E-state index is 13.1. The predicted octanol–water partition coefficient (Wildman–Crippen LogP) is 1.79. The molecule has 0 aliphatic heterocycles. The molecule has 0 saturated heterocycles. The number of aryl methyl sites for hydroxylation is 1. The van der Waals surface area contributed by atoms with Crippen molar-refractivity contribution in [2.75, 3.05) is 7.05 Å². The van der Waals surface area contributed by atoms with Gasteiger partial charge in [0, 0.05) is 19.7 Å². The third-order valence-corrected chi connectivity index (χ3v) is 4.70. The maximum atomic E-state index is 13.1. The van der Waals surface area contributed by atoms with Gasteiger partial charge in [-0.25, -0.2) is 0 Å². The minimum absolute atomic E-state index is 0.116. The highest BCUT2D eigenvalue weighted by molar-refractivity contribution is 5.99. The van der Waals surface area contributed by atoms with E-state index in [2.05, 4.69) is 25.6 Å². The van der Waals surface area contributed by atoms with Gasteiger partial charge in [0.25, 0.3) is 11.5 Å². The first-order valence-corrected chi connectivity index (χ1v) is 9.85. The number of rotatable bonds is 6. The molecule has 1 aromatic carbocycles. The Morgan fingerprint density at radius 3 is 2.29 bits per heavy atom. The van der Waals surface area contributed by atoms with Crippen molar-refractivity contribution in [3.8, 4) is 22.7 Å². The fourth-order valence-corrected chi connectivity index (χ4v) is 3.04. The Kier molecular flexibility index (Phi) is 6.48. The van der Waals surface area contributed by atoms with Gasteiger partial charge in [-0.3, -0.25) is 19.1 Å². The number of amides is 2. The summed E-state index contributed by atoms with van der Waals surface area (Å²) < 4.78 is 43.6. The molecule has 3 rings (SSSR count). The van der Waals surface area contributed by atoms with E-state index in [9.17, 15) is 27.6 Å². The van der Waals surface area contributed by atoms with Crippen LogP contribution in [-0.4, -0.2) is 50.3 Å². The van der Waals surface area contributed by atoms with E-state index in [4.69, 9.17) is 0 Å². The van der Waals surface area contributed by atoms with E-state index in [1.54, 1.807) is 7.05 Å². The molecule has 0 aliphatic rings. The van der Waals surface area contributed by atoms with Crippen molar-refractivity contribution in [3.63, 3.8) is 0 Å². The third kappa shape index (κ3) is 5.42. The Hall–Kier alpha value is -4.16. The molecule has 2 N–H and O–H groups in total. The van der Waals surface area contributed by atoms with Crippen molar-refractivity contribution in [1.82, 2.24) is 30.2 Å². The van der Waals surface area contributed by atoms with Crippen LogP contribution in [0, 0.1) is 0 Å². The first-order valence-electron chi connectivity index (χ1n) is 9.85. The fourth-order valence-electron chi connectivity index (χ4n) is 3.04. The lowest BCUT2D eigenvalue weighted by Crippen LogP contribution is -2.54. The number of halogens is 3. The molecule has 0 bridgehead atoms. The van der Waals surface area contributed by atoms with Crippen LogP contribution >= 0.6 is 0 Å². The van der Waals surface area contributed by atoms with Gasteiger partial charge in [-0.05, 0) is 44.2 Å². The minimum atomic E-state index is -4.85. The van der Waals surface area contributed by atoms with Crippen molar-refractivity contribution < 1.29 is 27.5 Å². The largest absolute Gasteiger partial charge is 0.573 e. The summed E-state index contributed by atoms with van der Waals surface area (Å²) in [5.41, 5.74) is -1.76. The highest BCUT2D eigenvalue weighted by atomic mass is 19.4. The zero-order chi connectivity index (χ0) is 25.3. The number of ether oxygens (including phenoxy) is 1. The highest BCUT2D eigenvalue weighted by Crippen LogP contribution is 2.26. The summed E-state index contributed by atoms with van der Waals surface area (Å²) in [5.74, 6) is -1.76. The molecule has 10 nitrogen and oxygen atoms in total. The second-order valence-electron chi connectivity index (χ2n) is 7.76. The Morgan fingerprint density at radius 2 is 1.76 bits per heavy atom. The molecule has 2 amide bonds. The fraction of sp³-hybridized carbons (Fsp3) is 0.286. The number of nitrogens with zero attached hydrogens (tertiary/aromatic N) is 4. The van der Waals surface area contributed by atoms with Gasteiger partial charge in [0.05, 0.1) is 18.1 Å². The van der Waals surface area contributed by atoms with Crippen LogP contribution in [0.1, 0.15) is 24.2 Å². The van der Waals surface area contributed by atoms with Crippen LogP contribution in [0.3, 0.4) is 0 Å². The molecular weight excluding hydrogens is 457 g/mol. The quantitative estimate of drug-likeness (QED) is 0.558. The van der Waals surface area contributed by atoms with Gasteiger partial charge in [0.15, 0.2) is 0 Å². The number of hydrogen-bond acceptors (Lipinski definition) is 6. The Labute approximate surface area is 191 Å². The molecule has 2 aromatic heterocycles. The molecule has 34 heavy (non-hydrogen) atoms. The lowest BCUT2D eigenvalue weighted by Gasteiger charge is -2.24. The number of hydrogen-bond donors (Lipinski definition) is 2. The normalized spacial score (nSPS) is 11.7. The Balaban J connectivity index is 2.10. The molecule has 13 heteroatoms. The van der Waals surface area contributed by atoms with E-state index in [0.717, 1.165) is 16.8 Å². The van der Waals surface area contributed by atoms with Crippen LogP contribution in [0.25, 0.3) is 16.9 Å². The summed E-state index contributed by atoms with van der Waals surface area (Å²) in [6, 6.07) is 5.97. The van der Waals surface area contributed by atoms with E-state index in [-0.39, 0.29) is 16.9 Å². The standard InChI is InChI=1S/C21H21F3N6O4/c1-20(2,19(33)25-3)27-17(31)15-9-16(12-5-7-14(8-6-12)34-21(22,23)24)28-30(18(15)32)13-10-26-29(4)11-13/h5-11H,1-4H3,(H,25,33)(H,27,31). The predicted molar refractivity (Wildman–Crippen MR) is 114 cm³/mol. The molecule has 0 saturated carbocycles. The molecule has 0 radical (unpaired) electrons. The van der Waals surface area contributed by atoms with Crippen LogP contribution in [0.2, 0.25) is 0 Å². The first-order chi connectivity index (χ1) is 15.8. The molecule has 2 heterocycles. The summed E-state index contributed by atoms with van der Waals surface area (Å²) in [4.78, 5) is 38.2. The number of likely N-dealkylation sites (N-methyl/N-ethyl adjacent to an activating group) is 1. The van der Waals surface area contributed by atoms with E-state index in [0.29, 0.717) is 5.56 Å². The highest BCUT2D eigenvalue weighted by Gasteiger charge is 2.32. The van der Waals surface area contributed by atoms with Crippen molar-refractivity contribution in [1.29, 1.82) is 0 Å². The molecule has 3 aromatic rings. The summed E-state index contributed by atoms with van der Waals surface area (Å²) in [6.45, 7) is 2.93. The minimum Gasteiger partial charge on any atom is -0.406 e. The summed E-state index contributed by atoms with van der Waals surface area (Å²) in [5, 5.41) is 13.2. The topological polar surface area (TPSA) is 120 Å². The molecule has 0 unspecified atom stereocenters. The lowest BCUT2D eigenvalue weighted by atomic mass is 10.0. The van der Waals surface area contributed by atoms with Crippen LogP contribution in [0.5, 0.6) is 5.75 Å². The average Bonchev–Trinajstić information content (AvgIpc) is 3.18. The zero-order valence-electron chi connectivity index (χ0n) is 18.6. The van der Waals surface area contributed by atoms with Crippen molar-refractivity contribution in [2.45, 2.75) is 25.7 Å². The molecule has 0 aliphatic carbocycles. The Morgan fingerprint density at radius 1 is 1.12 bits per heavy atom. The number of benzene rings is 1. The van der Waals surface area contributed by atoms with Gasteiger partial charge < -0.3 is 15.4 Å². The van der Waals surface area contributed by atoms with E-state index >= 15 is 0 Å². The Bertz CT molecular complexity index is 1280. The maximum Gasteiger partial charge on any atom is 0.573 e.